The molecule has 0 aliphatic carbocycles. The lowest BCUT2D eigenvalue weighted by Gasteiger charge is -2.41. The van der Waals surface area contributed by atoms with Crippen LogP contribution in [0, 0.1) is 22.7 Å². The van der Waals surface area contributed by atoms with E-state index in [2.05, 4.69) is 0 Å². The first-order chi connectivity index (χ1) is 15.0. The molecule has 7 nitrogen and oxygen atoms in total. The Balaban J connectivity index is 1.85. The fourth-order valence-electron chi connectivity index (χ4n) is 4.72. The molecule has 0 aromatic heterocycles. The van der Waals surface area contributed by atoms with Crippen molar-refractivity contribution in [2.75, 3.05) is 64.3 Å². The van der Waals surface area contributed by atoms with E-state index in [0.717, 1.165) is 6.07 Å². The van der Waals surface area contributed by atoms with Crippen molar-refractivity contribution in [2.45, 2.75) is 19.0 Å². The number of hydrogen-bond donors (Lipinski definition) is 0. The molecule has 0 radical (unpaired) electrons. The van der Waals surface area contributed by atoms with Crippen molar-refractivity contribution in [3.63, 3.8) is 0 Å². The number of sulfonamides is 1. The number of halogens is 3. The summed E-state index contributed by atoms with van der Waals surface area (Å²) in [6.45, 7) is 3.02. The second-order valence-corrected chi connectivity index (χ2v) is 10.5. The summed E-state index contributed by atoms with van der Waals surface area (Å²) in [5.41, 5.74) is -1.21. The number of piperidine rings is 1. The normalized spacial score (nSPS) is 21.8. The van der Waals surface area contributed by atoms with Crippen LogP contribution in [0.25, 0.3) is 0 Å². The SMILES string of the molecule is COCCOCC1CN(c2ccc(C#N)c(C(F)(F)F)c2)CC12CCN(S(C)(=O)=O)CC2. The number of rotatable bonds is 7. The smallest absolute Gasteiger partial charge is 0.382 e. The molecule has 0 saturated carbocycles. The highest BCUT2D eigenvalue weighted by Gasteiger charge is 2.49. The second kappa shape index (κ2) is 9.55. The summed E-state index contributed by atoms with van der Waals surface area (Å²) in [5.74, 6) is 0.0334. The van der Waals surface area contributed by atoms with Crippen LogP contribution in [0.3, 0.4) is 0 Å². The minimum absolute atomic E-state index is 0.0334. The van der Waals surface area contributed by atoms with Crippen molar-refractivity contribution in [3.8, 4) is 6.07 Å². The molecule has 0 bridgehead atoms. The van der Waals surface area contributed by atoms with Crippen molar-refractivity contribution >= 4 is 15.7 Å². The molecule has 2 aliphatic heterocycles. The summed E-state index contributed by atoms with van der Waals surface area (Å²) >= 11 is 0. The van der Waals surface area contributed by atoms with Crippen LogP contribution in [0.4, 0.5) is 18.9 Å². The maximum atomic E-state index is 13.5. The topological polar surface area (TPSA) is 82.9 Å². The van der Waals surface area contributed by atoms with Crippen molar-refractivity contribution < 1.29 is 31.1 Å². The van der Waals surface area contributed by atoms with Gasteiger partial charge in [0.15, 0.2) is 0 Å². The van der Waals surface area contributed by atoms with E-state index >= 15 is 0 Å². The van der Waals surface area contributed by atoms with Gasteiger partial charge in [-0.2, -0.15) is 18.4 Å². The lowest BCUT2D eigenvalue weighted by molar-refractivity contribution is -0.137. The van der Waals surface area contributed by atoms with E-state index in [1.807, 2.05) is 4.90 Å². The average Bonchev–Trinajstić information content (AvgIpc) is 3.07. The van der Waals surface area contributed by atoms with E-state index in [-0.39, 0.29) is 11.3 Å². The minimum atomic E-state index is -4.62. The summed E-state index contributed by atoms with van der Waals surface area (Å²) in [6.07, 6.45) is -2.22. The van der Waals surface area contributed by atoms with Crippen molar-refractivity contribution in [1.82, 2.24) is 4.31 Å². The molecule has 0 amide bonds. The van der Waals surface area contributed by atoms with Gasteiger partial charge in [-0.25, -0.2) is 12.7 Å². The van der Waals surface area contributed by atoms with Crippen molar-refractivity contribution in [3.05, 3.63) is 29.3 Å². The minimum Gasteiger partial charge on any atom is -0.382 e. The number of benzene rings is 1. The molecule has 0 N–H and O–H groups in total. The number of methoxy groups -OCH3 is 1. The zero-order valence-corrected chi connectivity index (χ0v) is 19.0. The molecular weight excluding hydrogens is 447 g/mol. The van der Waals surface area contributed by atoms with E-state index in [1.54, 1.807) is 19.2 Å². The molecule has 1 spiro atoms. The van der Waals surface area contributed by atoms with Gasteiger partial charge in [0.05, 0.1) is 43.3 Å². The number of anilines is 1. The van der Waals surface area contributed by atoms with Gasteiger partial charge in [0.1, 0.15) is 0 Å². The predicted octanol–water partition coefficient (Wildman–Crippen LogP) is 2.72. The Hall–Kier alpha value is -1.87. The van der Waals surface area contributed by atoms with Crippen LogP contribution < -0.4 is 4.90 Å². The van der Waals surface area contributed by atoms with Gasteiger partial charge in [0.2, 0.25) is 10.0 Å². The fraction of sp³-hybridized carbons (Fsp3) is 0.667. The molecule has 2 fully saturated rings. The Morgan fingerprint density at radius 2 is 1.94 bits per heavy atom. The number of ether oxygens (including phenoxy) is 2. The number of alkyl halides is 3. The van der Waals surface area contributed by atoms with Gasteiger partial charge in [-0.05, 0) is 36.5 Å². The van der Waals surface area contributed by atoms with Crippen LogP contribution >= 0.6 is 0 Å². The first kappa shape index (κ1) is 24.8. The monoisotopic (exact) mass is 475 g/mol. The number of nitriles is 1. The zero-order chi connectivity index (χ0) is 23.6. The third kappa shape index (κ3) is 5.36. The quantitative estimate of drug-likeness (QED) is 0.564. The van der Waals surface area contributed by atoms with Gasteiger partial charge < -0.3 is 14.4 Å². The first-order valence-electron chi connectivity index (χ1n) is 10.4. The maximum Gasteiger partial charge on any atom is 0.417 e. The molecule has 3 rings (SSSR count). The molecule has 2 aliphatic rings. The van der Waals surface area contributed by atoms with Crippen LogP contribution in [-0.4, -0.2) is 72.1 Å². The van der Waals surface area contributed by atoms with Crippen LogP contribution in [-0.2, 0) is 25.7 Å². The third-order valence-electron chi connectivity index (χ3n) is 6.54. The lowest BCUT2D eigenvalue weighted by Crippen LogP contribution is -2.47. The summed E-state index contributed by atoms with van der Waals surface area (Å²) < 4.78 is 76.5. The zero-order valence-electron chi connectivity index (χ0n) is 18.2. The average molecular weight is 476 g/mol. The standard InChI is InChI=1S/C21H28F3N3O4S/c1-30-9-10-31-14-17-13-26(15-20(17)5-7-27(8-6-20)32(2,28)29)18-4-3-16(12-25)19(11-18)21(22,23)24/h3-4,11,17H,5-10,13-15H2,1-2H3. The van der Waals surface area contributed by atoms with E-state index < -0.39 is 27.3 Å². The molecule has 32 heavy (non-hydrogen) atoms. The summed E-state index contributed by atoms with van der Waals surface area (Å²) in [4.78, 5) is 1.90. The fourth-order valence-corrected chi connectivity index (χ4v) is 5.56. The van der Waals surface area contributed by atoms with Crippen molar-refractivity contribution in [1.29, 1.82) is 5.26 Å². The Morgan fingerprint density at radius 3 is 2.50 bits per heavy atom. The summed E-state index contributed by atoms with van der Waals surface area (Å²) in [6, 6.07) is 5.40. The Morgan fingerprint density at radius 1 is 1.25 bits per heavy atom. The van der Waals surface area contributed by atoms with Crippen LogP contribution in [0.5, 0.6) is 0 Å². The number of nitrogens with zero attached hydrogens (tertiary/aromatic N) is 3. The molecule has 1 atom stereocenters. The van der Waals surface area contributed by atoms with Crippen LogP contribution in [0.2, 0.25) is 0 Å². The predicted molar refractivity (Wildman–Crippen MR) is 113 cm³/mol. The molecule has 178 valence electrons. The highest BCUT2D eigenvalue weighted by atomic mass is 32.2. The van der Waals surface area contributed by atoms with Crippen molar-refractivity contribution in [2.24, 2.45) is 11.3 Å². The Kier molecular flexibility index (Phi) is 7.39. The van der Waals surface area contributed by atoms with Gasteiger partial charge in [0.25, 0.3) is 0 Å². The van der Waals surface area contributed by atoms with Crippen LogP contribution in [0.1, 0.15) is 24.0 Å². The van der Waals surface area contributed by atoms with Gasteiger partial charge in [0, 0.05) is 44.9 Å². The second-order valence-electron chi connectivity index (χ2n) is 8.51. The molecule has 1 aromatic rings. The lowest BCUT2D eigenvalue weighted by atomic mass is 9.71. The Labute approximate surface area is 186 Å². The third-order valence-corrected chi connectivity index (χ3v) is 7.85. The number of hydrogen-bond acceptors (Lipinski definition) is 6. The highest BCUT2D eigenvalue weighted by Crippen LogP contribution is 2.47. The van der Waals surface area contributed by atoms with Gasteiger partial charge in [-0.15, -0.1) is 0 Å². The van der Waals surface area contributed by atoms with E-state index in [4.69, 9.17) is 14.7 Å². The molecular formula is C21H28F3N3O4S. The molecule has 1 aromatic carbocycles. The van der Waals surface area contributed by atoms with Gasteiger partial charge >= 0.3 is 6.18 Å². The highest BCUT2D eigenvalue weighted by molar-refractivity contribution is 7.88. The molecule has 1 unspecified atom stereocenters. The van der Waals surface area contributed by atoms with Gasteiger partial charge in [-0.1, -0.05) is 0 Å². The van der Waals surface area contributed by atoms with E-state index in [1.165, 1.54) is 16.6 Å². The summed E-state index contributed by atoms with van der Waals surface area (Å²) in [5, 5.41) is 9.07. The largest absolute Gasteiger partial charge is 0.417 e. The van der Waals surface area contributed by atoms with E-state index in [0.29, 0.717) is 64.5 Å². The first-order valence-corrected chi connectivity index (χ1v) is 12.2. The summed E-state index contributed by atoms with van der Waals surface area (Å²) in [7, 11) is -1.72. The van der Waals surface area contributed by atoms with Gasteiger partial charge in [-0.3, -0.25) is 0 Å². The Bertz CT molecular complexity index is 954. The molecule has 2 saturated heterocycles. The maximum absolute atomic E-state index is 13.5. The van der Waals surface area contributed by atoms with Crippen LogP contribution in [0.15, 0.2) is 18.2 Å². The van der Waals surface area contributed by atoms with E-state index in [9.17, 15) is 21.6 Å². The molecule has 2 heterocycles. The molecule has 11 heteroatoms.